The van der Waals surface area contributed by atoms with E-state index in [1.165, 1.54) is 0 Å². The molecule has 14 heavy (non-hydrogen) atoms. The van der Waals surface area contributed by atoms with E-state index in [2.05, 4.69) is 17.9 Å². The predicted molar refractivity (Wildman–Crippen MR) is 59.0 cm³/mol. The van der Waals surface area contributed by atoms with Crippen molar-refractivity contribution in [3.05, 3.63) is 0 Å². The first kappa shape index (κ1) is 13.3. The van der Waals surface area contributed by atoms with Gasteiger partial charge in [0.05, 0.1) is 5.25 Å². The Bertz CT molecular complexity index is 239. The summed E-state index contributed by atoms with van der Waals surface area (Å²) in [6, 6.07) is 0. The first-order valence-corrected chi connectivity index (χ1v) is 5.00. The summed E-state index contributed by atoms with van der Waals surface area (Å²) in [6.45, 7) is 6.89. The third-order valence-electron chi connectivity index (χ3n) is 1.95. The van der Waals surface area contributed by atoms with Gasteiger partial charge in [-0.1, -0.05) is 13.8 Å². The fourth-order valence-electron chi connectivity index (χ4n) is 0.746. The number of rotatable bonds is 4. The van der Waals surface area contributed by atoms with Gasteiger partial charge in [-0.3, -0.25) is 9.59 Å². The van der Waals surface area contributed by atoms with Gasteiger partial charge in [-0.2, -0.15) is 12.6 Å². The van der Waals surface area contributed by atoms with E-state index in [-0.39, 0.29) is 11.8 Å². The van der Waals surface area contributed by atoms with Crippen molar-refractivity contribution >= 4 is 24.4 Å². The topological polar surface area (TPSA) is 72.2 Å². The van der Waals surface area contributed by atoms with Gasteiger partial charge in [-0.25, -0.2) is 0 Å². The van der Waals surface area contributed by atoms with Crippen molar-refractivity contribution in [2.24, 2.45) is 11.7 Å². The molecular formula is C9H18N2O2S. The fourth-order valence-corrected chi connectivity index (χ4v) is 0.811. The standard InChI is InChI=1S/C9H18N2O2S/c1-5(2)6(14)7(12)11-9(3,4)8(10)13/h5-6,14H,1-4H3,(H2,10,13)(H,11,12). The van der Waals surface area contributed by atoms with Crippen LogP contribution in [0.3, 0.4) is 0 Å². The molecule has 2 amide bonds. The van der Waals surface area contributed by atoms with E-state index in [1.807, 2.05) is 13.8 Å². The van der Waals surface area contributed by atoms with Crippen molar-refractivity contribution in [1.29, 1.82) is 0 Å². The molecule has 82 valence electrons. The first-order valence-electron chi connectivity index (χ1n) is 4.48. The molecule has 0 radical (unpaired) electrons. The van der Waals surface area contributed by atoms with Crippen molar-refractivity contribution in [1.82, 2.24) is 5.32 Å². The van der Waals surface area contributed by atoms with Gasteiger partial charge >= 0.3 is 0 Å². The van der Waals surface area contributed by atoms with Crippen LogP contribution in [0.2, 0.25) is 0 Å². The molecule has 0 aromatic rings. The molecule has 0 spiro atoms. The Labute approximate surface area is 90.0 Å². The lowest BCUT2D eigenvalue weighted by Gasteiger charge is -2.25. The summed E-state index contributed by atoms with van der Waals surface area (Å²) in [5.74, 6) is -0.718. The number of carbonyl (C=O) groups excluding carboxylic acids is 2. The first-order chi connectivity index (χ1) is 6.18. The van der Waals surface area contributed by atoms with E-state index < -0.39 is 16.7 Å². The molecule has 0 fully saturated rings. The summed E-state index contributed by atoms with van der Waals surface area (Å²) >= 11 is 4.14. The summed E-state index contributed by atoms with van der Waals surface area (Å²) in [5.41, 5.74) is 4.10. The summed E-state index contributed by atoms with van der Waals surface area (Å²) in [7, 11) is 0. The largest absolute Gasteiger partial charge is 0.368 e. The van der Waals surface area contributed by atoms with Gasteiger partial charge in [0, 0.05) is 0 Å². The van der Waals surface area contributed by atoms with Gasteiger partial charge in [0.25, 0.3) is 0 Å². The molecule has 0 aliphatic heterocycles. The Hall–Kier alpha value is -0.710. The van der Waals surface area contributed by atoms with Crippen LogP contribution in [0.4, 0.5) is 0 Å². The summed E-state index contributed by atoms with van der Waals surface area (Å²) in [6.07, 6.45) is 0. The van der Waals surface area contributed by atoms with Crippen molar-refractivity contribution in [3.63, 3.8) is 0 Å². The van der Waals surface area contributed by atoms with E-state index in [4.69, 9.17) is 5.73 Å². The molecular weight excluding hydrogens is 200 g/mol. The second-order valence-electron chi connectivity index (χ2n) is 4.17. The minimum absolute atomic E-state index is 0.113. The Kier molecular flexibility index (Phi) is 4.45. The number of hydrogen-bond acceptors (Lipinski definition) is 3. The number of amides is 2. The highest BCUT2D eigenvalue weighted by Gasteiger charge is 2.29. The lowest BCUT2D eigenvalue weighted by Crippen LogP contribution is -2.55. The number of primary amides is 1. The molecule has 1 unspecified atom stereocenters. The quantitative estimate of drug-likeness (QED) is 0.595. The summed E-state index contributed by atoms with van der Waals surface area (Å²) < 4.78 is 0. The second-order valence-corrected chi connectivity index (χ2v) is 4.72. The number of nitrogens with one attached hydrogen (secondary N) is 1. The minimum atomic E-state index is -1.02. The minimum Gasteiger partial charge on any atom is -0.368 e. The van der Waals surface area contributed by atoms with Crippen molar-refractivity contribution < 1.29 is 9.59 Å². The summed E-state index contributed by atoms with van der Waals surface area (Å²) in [5, 5.41) is 2.12. The van der Waals surface area contributed by atoms with E-state index in [0.29, 0.717) is 0 Å². The van der Waals surface area contributed by atoms with Crippen LogP contribution in [0.1, 0.15) is 27.7 Å². The van der Waals surface area contributed by atoms with Gasteiger partial charge in [0.1, 0.15) is 5.54 Å². The molecule has 0 rings (SSSR count). The maximum absolute atomic E-state index is 11.5. The third kappa shape index (κ3) is 3.57. The van der Waals surface area contributed by atoms with Crippen LogP contribution in [0, 0.1) is 5.92 Å². The van der Waals surface area contributed by atoms with Gasteiger partial charge in [0.2, 0.25) is 11.8 Å². The van der Waals surface area contributed by atoms with Crippen molar-refractivity contribution in [2.45, 2.75) is 38.5 Å². The smallest absolute Gasteiger partial charge is 0.242 e. The summed E-state index contributed by atoms with van der Waals surface area (Å²) in [4.78, 5) is 22.4. The Morgan fingerprint density at radius 2 is 1.79 bits per heavy atom. The fraction of sp³-hybridized carbons (Fsp3) is 0.778. The highest BCUT2D eigenvalue weighted by molar-refractivity contribution is 7.81. The van der Waals surface area contributed by atoms with E-state index in [9.17, 15) is 9.59 Å². The monoisotopic (exact) mass is 218 g/mol. The average molecular weight is 218 g/mol. The van der Waals surface area contributed by atoms with Crippen LogP contribution in [0.15, 0.2) is 0 Å². The molecule has 0 aliphatic rings. The lowest BCUT2D eigenvalue weighted by atomic mass is 10.0. The second kappa shape index (κ2) is 4.68. The van der Waals surface area contributed by atoms with Crippen LogP contribution in [-0.4, -0.2) is 22.6 Å². The lowest BCUT2D eigenvalue weighted by molar-refractivity contribution is -0.130. The normalized spacial score (nSPS) is 13.9. The third-order valence-corrected chi connectivity index (χ3v) is 2.78. The van der Waals surface area contributed by atoms with Crippen LogP contribution in [0.25, 0.3) is 0 Å². The number of thiol groups is 1. The zero-order valence-electron chi connectivity index (χ0n) is 9.00. The van der Waals surface area contributed by atoms with Crippen LogP contribution >= 0.6 is 12.6 Å². The zero-order valence-corrected chi connectivity index (χ0v) is 9.89. The highest BCUT2D eigenvalue weighted by Crippen LogP contribution is 2.11. The number of hydrogen-bond donors (Lipinski definition) is 3. The van der Waals surface area contributed by atoms with Crippen LogP contribution < -0.4 is 11.1 Å². The van der Waals surface area contributed by atoms with Gasteiger partial charge < -0.3 is 11.1 Å². The number of nitrogens with two attached hydrogens (primary N) is 1. The molecule has 3 N–H and O–H groups in total. The van der Waals surface area contributed by atoms with E-state index in [0.717, 1.165) is 0 Å². The van der Waals surface area contributed by atoms with Gasteiger partial charge in [0.15, 0.2) is 0 Å². The molecule has 0 saturated heterocycles. The molecule has 0 saturated carbocycles. The van der Waals surface area contributed by atoms with Crippen molar-refractivity contribution in [3.8, 4) is 0 Å². The SMILES string of the molecule is CC(C)C(S)C(=O)NC(C)(C)C(N)=O. The average Bonchev–Trinajstić information content (AvgIpc) is 2.01. The van der Waals surface area contributed by atoms with Crippen molar-refractivity contribution in [2.75, 3.05) is 0 Å². The molecule has 5 heteroatoms. The number of carbonyl (C=O) groups is 2. The van der Waals surface area contributed by atoms with Gasteiger partial charge in [-0.05, 0) is 19.8 Å². The molecule has 1 atom stereocenters. The molecule has 0 heterocycles. The van der Waals surface area contributed by atoms with E-state index >= 15 is 0 Å². The molecule has 4 nitrogen and oxygen atoms in total. The Morgan fingerprint density at radius 1 is 1.36 bits per heavy atom. The van der Waals surface area contributed by atoms with Gasteiger partial charge in [-0.15, -0.1) is 0 Å². The molecule has 0 aromatic heterocycles. The maximum Gasteiger partial charge on any atom is 0.242 e. The van der Waals surface area contributed by atoms with Crippen LogP contribution in [0.5, 0.6) is 0 Å². The van der Waals surface area contributed by atoms with Crippen LogP contribution in [-0.2, 0) is 9.59 Å². The molecule has 0 bridgehead atoms. The maximum atomic E-state index is 11.5. The Balaban J connectivity index is 4.40. The Morgan fingerprint density at radius 3 is 2.07 bits per heavy atom. The predicted octanol–water partition coefficient (Wildman–Crippen LogP) is 0.321. The molecule has 0 aromatic carbocycles. The zero-order chi connectivity index (χ0) is 11.5. The van der Waals surface area contributed by atoms with E-state index in [1.54, 1.807) is 13.8 Å². The highest BCUT2D eigenvalue weighted by atomic mass is 32.1. The molecule has 0 aliphatic carbocycles.